The quantitative estimate of drug-likeness (QED) is 0.525. The molecule has 184 valence electrons. The standard InChI is InChI=1S/C27H48O4Si/c1-17(28)20-9-10-21-19-15-23(29)27(30)16-18(31-32(7,8)24(2,3)4)11-14-26(27,6)22(19)12-13-25(20,21)5/h18-23,29-30H,9-16H2,1-8H3/t18-,19-,20+,21-,22-,23+,25+,26+,27-/m0/s1. The Kier molecular flexibility index (Phi) is 5.93. The molecule has 9 atom stereocenters. The predicted octanol–water partition coefficient (Wildman–Crippen LogP) is 5.71. The number of aliphatic hydroxyl groups is 2. The molecule has 0 unspecified atom stereocenters. The van der Waals surface area contributed by atoms with Crippen molar-refractivity contribution in [2.45, 2.75) is 129 Å². The van der Waals surface area contributed by atoms with Crippen molar-refractivity contribution in [3.63, 3.8) is 0 Å². The Labute approximate surface area is 197 Å². The number of hydrogen-bond acceptors (Lipinski definition) is 4. The van der Waals surface area contributed by atoms with E-state index in [1.807, 2.05) is 0 Å². The van der Waals surface area contributed by atoms with E-state index in [2.05, 4.69) is 47.7 Å². The Morgan fingerprint density at radius 1 is 1.03 bits per heavy atom. The summed E-state index contributed by atoms with van der Waals surface area (Å²) in [5.74, 6) is 1.85. The minimum Gasteiger partial charge on any atom is -0.414 e. The Morgan fingerprint density at radius 2 is 1.69 bits per heavy atom. The van der Waals surface area contributed by atoms with Crippen LogP contribution < -0.4 is 0 Å². The lowest BCUT2D eigenvalue weighted by atomic mass is 9.42. The number of fused-ring (bicyclic) bond motifs is 5. The maximum absolute atomic E-state index is 12.4. The summed E-state index contributed by atoms with van der Waals surface area (Å²) >= 11 is 0. The first-order valence-electron chi connectivity index (χ1n) is 13.2. The van der Waals surface area contributed by atoms with Gasteiger partial charge >= 0.3 is 0 Å². The SMILES string of the molecule is CC(=O)[C@H]1CC[C@H]2[C@@H]3C[C@@H](O)[C@@]4(O)C[C@@H](O[Si](C)(C)C(C)(C)C)CC[C@]4(C)[C@H]3CC[C@]12C. The van der Waals surface area contributed by atoms with Crippen LogP contribution in [0.2, 0.25) is 18.1 Å². The highest BCUT2D eigenvalue weighted by molar-refractivity contribution is 6.74. The number of ketones is 1. The molecule has 0 radical (unpaired) electrons. The highest BCUT2D eigenvalue weighted by Crippen LogP contribution is 2.68. The largest absolute Gasteiger partial charge is 0.414 e. The molecule has 32 heavy (non-hydrogen) atoms. The van der Waals surface area contributed by atoms with E-state index in [1.165, 1.54) is 0 Å². The van der Waals surface area contributed by atoms with Crippen LogP contribution in [-0.4, -0.2) is 42.1 Å². The van der Waals surface area contributed by atoms with E-state index < -0.39 is 20.0 Å². The summed E-state index contributed by atoms with van der Waals surface area (Å²) in [6, 6.07) is 0. The third-order valence-corrected chi connectivity index (χ3v) is 16.1. The molecule has 4 fully saturated rings. The van der Waals surface area contributed by atoms with Gasteiger partial charge < -0.3 is 14.6 Å². The molecule has 0 aromatic heterocycles. The molecule has 4 aliphatic carbocycles. The number of Topliss-reactive ketones (excluding diaryl/α,β-unsaturated/α-hetero) is 1. The molecule has 4 rings (SSSR count). The molecule has 0 aromatic rings. The summed E-state index contributed by atoms with van der Waals surface area (Å²) in [6.45, 7) is 17.7. The molecule has 4 nitrogen and oxygen atoms in total. The van der Waals surface area contributed by atoms with Gasteiger partial charge in [-0.2, -0.15) is 0 Å². The summed E-state index contributed by atoms with van der Waals surface area (Å²) in [5.41, 5.74) is -1.29. The van der Waals surface area contributed by atoms with Crippen LogP contribution in [0.4, 0.5) is 0 Å². The zero-order chi connectivity index (χ0) is 23.9. The van der Waals surface area contributed by atoms with Crippen LogP contribution in [0.5, 0.6) is 0 Å². The molecule has 0 saturated heterocycles. The smallest absolute Gasteiger partial charge is 0.192 e. The van der Waals surface area contributed by atoms with Crippen molar-refractivity contribution in [3.05, 3.63) is 0 Å². The fraction of sp³-hybridized carbons (Fsp3) is 0.963. The predicted molar refractivity (Wildman–Crippen MR) is 131 cm³/mol. The van der Waals surface area contributed by atoms with Crippen LogP contribution in [-0.2, 0) is 9.22 Å². The molecule has 5 heteroatoms. The first kappa shape index (κ1) is 24.9. The fourth-order valence-corrected chi connectivity index (χ4v) is 9.99. The minimum atomic E-state index is -1.93. The lowest BCUT2D eigenvalue weighted by Crippen LogP contribution is -2.69. The highest BCUT2D eigenvalue weighted by Gasteiger charge is 2.68. The van der Waals surface area contributed by atoms with E-state index >= 15 is 0 Å². The van der Waals surface area contributed by atoms with E-state index in [0.717, 1.165) is 38.5 Å². The lowest BCUT2D eigenvalue weighted by molar-refractivity contribution is -0.263. The van der Waals surface area contributed by atoms with Crippen molar-refractivity contribution in [3.8, 4) is 0 Å². The minimum absolute atomic E-state index is 0.0302. The third-order valence-electron chi connectivity index (χ3n) is 11.6. The average Bonchev–Trinajstić information content (AvgIpc) is 3.01. The van der Waals surface area contributed by atoms with Crippen LogP contribution in [0.1, 0.15) is 92.9 Å². The summed E-state index contributed by atoms with van der Waals surface area (Å²) in [4.78, 5) is 12.4. The Bertz CT molecular complexity index is 759. The fourth-order valence-electron chi connectivity index (χ4n) is 8.60. The van der Waals surface area contributed by atoms with Gasteiger partial charge in [0.25, 0.3) is 0 Å². The zero-order valence-electron chi connectivity index (χ0n) is 21.8. The first-order valence-corrected chi connectivity index (χ1v) is 16.1. The second kappa shape index (κ2) is 7.63. The maximum Gasteiger partial charge on any atom is 0.192 e. The molecule has 2 N–H and O–H groups in total. The number of hydrogen-bond donors (Lipinski definition) is 2. The van der Waals surface area contributed by atoms with Crippen molar-refractivity contribution in [2.24, 2.45) is 34.5 Å². The number of carbonyl (C=O) groups excluding carboxylic acids is 1. The van der Waals surface area contributed by atoms with Crippen molar-refractivity contribution in [2.75, 3.05) is 0 Å². The second-order valence-corrected chi connectivity index (χ2v) is 18.8. The van der Waals surface area contributed by atoms with Crippen molar-refractivity contribution >= 4 is 14.1 Å². The van der Waals surface area contributed by atoms with Crippen molar-refractivity contribution in [1.82, 2.24) is 0 Å². The number of carbonyl (C=O) groups is 1. The monoisotopic (exact) mass is 464 g/mol. The summed E-state index contributed by atoms with van der Waals surface area (Å²) < 4.78 is 6.74. The van der Waals surface area contributed by atoms with E-state index in [4.69, 9.17) is 4.43 Å². The maximum atomic E-state index is 12.4. The molecular formula is C27H48O4Si. The molecule has 0 aliphatic heterocycles. The van der Waals surface area contributed by atoms with Gasteiger partial charge in [0, 0.05) is 23.9 Å². The van der Waals surface area contributed by atoms with Gasteiger partial charge in [-0.15, -0.1) is 0 Å². The van der Waals surface area contributed by atoms with Crippen LogP contribution in [0.15, 0.2) is 0 Å². The summed E-state index contributed by atoms with van der Waals surface area (Å²) in [5, 5.41) is 23.7. The van der Waals surface area contributed by atoms with E-state index in [-0.39, 0.29) is 27.9 Å². The van der Waals surface area contributed by atoms with Crippen LogP contribution in [0.25, 0.3) is 0 Å². The van der Waals surface area contributed by atoms with Crippen LogP contribution in [0, 0.1) is 34.5 Å². The van der Waals surface area contributed by atoms with Crippen molar-refractivity contribution in [1.29, 1.82) is 0 Å². The normalized spacial score (nSPS) is 49.2. The van der Waals surface area contributed by atoms with Crippen LogP contribution in [0.3, 0.4) is 0 Å². The topological polar surface area (TPSA) is 66.8 Å². The zero-order valence-corrected chi connectivity index (χ0v) is 22.8. The molecule has 0 spiro atoms. The van der Waals surface area contributed by atoms with Gasteiger partial charge in [0.15, 0.2) is 8.32 Å². The molecular weight excluding hydrogens is 416 g/mol. The molecule has 0 amide bonds. The van der Waals surface area contributed by atoms with Gasteiger partial charge in [-0.1, -0.05) is 34.6 Å². The number of rotatable bonds is 3. The molecule has 0 bridgehead atoms. The first-order chi connectivity index (χ1) is 14.6. The van der Waals surface area contributed by atoms with E-state index in [9.17, 15) is 15.0 Å². The number of aliphatic hydroxyl groups excluding tert-OH is 1. The van der Waals surface area contributed by atoms with Gasteiger partial charge in [-0.25, -0.2) is 0 Å². The van der Waals surface area contributed by atoms with Gasteiger partial charge in [0.2, 0.25) is 0 Å². The van der Waals surface area contributed by atoms with Gasteiger partial charge in [0.1, 0.15) is 5.78 Å². The molecule has 4 saturated carbocycles. The Balaban J connectivity index is 1.59. The highest BCUT2D eigenvalue weighted by atomic mass is 28.4. The van der Waals surface area contributed by atoms with E-state index in [0.29, 0.717) is 36.4 Å². The van der Waals surface area contributed by atoms with E-state index in [1.54, 1.807) is 6.92 Å². The lowest BCUT2D eigenvalue weighted by Gasteiger charge is -2.65. The summed E-state index contributed by atoms with van der Waals surface area (Å²) in [7, 11) is -1.93. The van der Waals surface area contributed by atoms with Crippen molar-refractivity contribution < 1.29 is 19.4 Å². The third kappa shape index (κ3) is 3.43. The molecule has 0 aromatic carbocycles. The Hall–Kier alpha value is -0.233. The molecule has 0 heterocycles. The summed E-state index contributed by atoms with van der Waals surface area (Å²) in [6.07, 6.45) is 6.68. The van der Waals surface area contributed by atoms with Gasteiger partial charge in [-0.05, 0) is 93.2 Å². The van der Waals surface area contributed by atoms with Gasteiger partial charge in [0.05, 0.1) is 11.7 Å². The van der Waals surface area contributed by atoms with Crippen LogP contribution >= 0.6 is 0 Å². The Morgan fingerprint density at radius 3 is 2.28 bits per heavy atom. The average molecular weight is 465 g/mol. The van der Waals surface area contributed by atoms with Gasteiger partial charge in [-0.3, -0.25) is 4.79 Å². The molecule has 4 aliphatic rings. The second-order valence-electron chi connectivity index (χ2n) is 14.0.